The summed E-state index contributed by atoms with van der Waals surface area (Å²) in [4.78, 5) is 10.4. The van der Waals surface area contributed by atoms with Crippen molar-refractivity contribution in [3.05, 3.63) is 17.7 Å². The highest BCUT2D eigenvalue weighted by Crippen LogP contribution is 2.40. The average molecular weight is 252 g/mol. The zero-order chi connectivity index (χ0) is 13.0. The molecule has 0 saturated carbocycles. The number of fused-ring (bicyclic) bond motifs is 1. The minimum absolute atomic E-state index is 0.0692. The second kappa shape index (κ2) is 5.62. The average Bonchev–Trinajstić information content (AvgIpc) is 2.57. The summed E-state index contributed by atoms with van der Waals surface area (Å²) in [7, 11) is 0. The second-order valence-electron chi connectivity index (χ2n) is 4.20. The predicted molar refractivity (Wildman–Crippen MR) is 64.3 cm³/mol. The topological polar surface area (TPSA) is 76.0 Å². The third-order valence-electron chi connectivity index (χ3n) is 2.81. The van der Waals surface area contributed by atoms with Crippen LogP contribution in [0.15, 0.2) is 12.1 Å². The van der Waals surface area contributed by atoms with Gasteiger partial charge in [-0.15, -0.1) is 0 Å². The Labute approximate surface area is 105 Å². The maximum Gasteiger partial charge on any atom is 0.303 e. The van der Waals surface area contributed by atoms with Crippen molar-refractivity contribution in [1.29, 1.82) is 0 Å². The monoisotopic (exact) mass is 252 g/mol. The van der Waals surface area contributed by atoms with Crippen LogP contribution in [0.1, 0.15) is 24.8 Å². The van der Waals surface area contributed by atoms with E-state index >= 15 is 0 Å². The third kappa shape index (κ3) is 2.85. The standard InChI is InChI=1S/C13H16O5/c14-11(15)4-1-3-9-5-6-10-13(12(9)16)18-8-2-7-17-10/h5-6,16H,1-4,7-8H2,(H,14,15). The van der Waals surface area contributed by atoms with Crippen molar-refractivity contribution in [2.75, 3.05) is 13.2 Å². The Hall–Kier alpha value is -1.91. The normalized spacial score (nSPS) is 14.0. The van der Waals surface area contributed by atoms with Crippen LogP contribution in [0, 0.1) is 0 Å². The van der Waals surface area contributed by atoms with Crippen molar-refractivity contribution in [3.8, 4) is 17.2 Å². The number of hydrogen-bond acceptors (Lipinski definition) is 4. The number of carbonyl (C=O) groups is 1. The first-order chi connectivity index (χ1) is 8.68. The van der Waals surface area contributed by atoms with Crippen LogP contribution in [0.4, 0.5) is 0 Å². The van der Waals surface area contributed by atoms with Crippen molar-refractivity contribution in [3.63, 3.8) is 0 Å². The van der Waals surface area contributed by atoms with Gasteiger partial charge in [-0.05, 0) is 24.5 Å². The number of aromatic hydroxyl groups is 1. The summed E-state index contributed by atoms with van der Waals surface area (Å²) in [6.45, 7) is 1.09. The molecular formula is C13H16O5. The first-order valence-corrected chi connectivity index (χ1v) is 6.00. The lowest BCUT2D eigenvalue weighted by Gasteiger charge is -2.12. The van der Waals surface area contributed by atoms with Crippen LogP contribution >= 0.6 is 0 Å². The van der Waals surface area contributed by atoms with Gasteiger partial charge >= 0.3 is 5.97 Å². The highest BCUT2D eigenvalue weighted by molar-refractivity contribution is 5.66. The summed E-state index contributed by atoms with van der Waals surface area (Å²) in [5.41, 5.74) is 0.695. The number of ether oxygens (including phenoxy) is 2. The molecule has 0 unspecified atom stereocenters. The SMILES string of the molecule is O=C(O)CCCc1ccc2c(c1O)OCCCO2. The maximum absolute atomic E-state index is 10.4. The van der Waals surface area contributed by atoms with Crippen molar-refractivity contribution in [2.45, 2.75) is 25.7 Å². The van der Waals surface area contributed by atoms with E-state index in [0.717, 1.165) is 6.42 Å². The van der Waals surface area contributed by atoms with Gasteiger partial charge in [-0.3, -0.25) is 4.79 Å². The largest absolute Gasteiger partial charge is 0.504 e. The molecule has 0 saturated heterocycles. The molecule has 18 heavy (non-hydrogen) atoms. The van der Waals surface area contributed by atoms with Crippen LogP contribution in [-0.2, 0) is 11.2 Å². The van der Waals surface area contributed by atoms with E-state index < -0.39 is 5.97 Å². The molecule has 0 bridgehead atoms. The molecule has 1 heterocycles. The van der Waals surface area contributed by atoms with Crippen molar-refractivity contribution < 1.29 is 24.5 Å². The van der Waals surface area contributed by atoms with E-state index in [-0.39, 0.29) is 12.2 Å². The summed E-state index contributed by atoms with van der Waals surface area (Å²) < 4.78 is 10.9. The lowest BCUT2D eigenvalue weighted by Crippen LogP contribution is -1.98. The van der Waals surface area contributed by atoms with Crippen LogP contribution in [0.2, 0.25) is 0 Å². The van der Waals surface area contributed by atoms with Gasteiger partial charge in [0.05, 0.1) is 13.2 Å². The van der Waals surface area contributed by atoms with Crippen LogP contribution in [0.25, 0.3) is 0 Å². The molecule has 1 aliphatic rings. The van der Waals surface area contributed by atoms with Crippen LogP contribution in [-0.4, -0.2) is 29.4 Å². The number of benzene rings is 1. The highest BCUT2D eigenvalue weighted by atomic mass is 16.5. The summed E-state index contributed by atoms with van der Waals surface area (Å²) in [6, 6.07) is 3.52. The number of hydrogen-bond donors (Lipinski definition) is 2. The number of phenolic OH excluding ortho intramolecular Hbond substituents is 1. The fraction of sp³-hybridized carbons (Fsp3) is 0.462. The second-order valence-corrected chi connectivity index (χ2v) is 4.20. The molecule has 0 atom stereocenters. The van der Waals surface area contributed by atoms with E-state index in [9.17, 15) is 9.90 Å². The molecule has 0 aromatic heterocycles. The van der Waals surface area contributed by atoms with Crippen LogP contribution < -0.4 is 9.47 Å². The molecular weight excluding hydrogens is 236 g/mol. The van der Waals surface area contributed by atoms with Crippen molar-refractivity contribution in [2.24, 2.45) is 0 Å². The first-order valence-electron chi connectivity index (χ1n) is 6.00. The Balaban J connectivity index is 2.12. The predicted octanol–water partition coefficient (Wildman–Crippen LogP) is 1.96. The number of phenols is 1. The smallest absolute Gasteiger partial charge is 0.303 e. The molecule has 1 aromatic carbocycles. The number of carboxylic acids is 1. The van der Waals surface area contributed by atoms with E-state index in [1.807, 2.05) is 0 Å². The van der Waals surface area contributed by atoms with Crippen molar-refractivity contribution in [1.82, 2.24) is 0 Å². The minimum Gasteiger partial charge on any atom is -0.504 e. The fourth-order valence-corrected chi connectivity index (χ4v) is 1.89. The van der Waals surface area contributed by atoms with E-state index in [0.29, 0.717) is 43.1 Å². The van der Waals surface area contributed by atoms with Gasteiger partial charge in [0.15, 0.2) is 11.5 Å². The van der Waals surface area contributed by atoms with Crippen LogP contribution in [0.3, 0.4) is 0 Å². The molecule has 0 aliphatic carbocycles. The van der Waals surface area contributed by atoms with E-state index in [2.05, 4.69) is 0 Å². The molecule has 0 spiro atoms. The Morgan fingerprint density at radius 1 is 1.28 bits per heavy atom. The number of carboxylic acid groups (broad SMARTS) is 1. The van der Waals surface area contributed by atoms with E-state index in [1.165, 1.54) is 0 Å². The molecule has 0 fully saturated rings. The van der Waals surface area contributed by atoms with Gasteiger partial charge in [-0.25, -0.2) is 0 Å². The molecule has 0 radical (unpaired) electrons. The molecule has 2 N–H and O–H groups in total. The van der Waals surface area contributed by atoms with Gasteiger partial charge in [-0.1, -0.05) is 6.07 Å². The van der Waals surface area contributed by atoms with Gasteiger partial charge in [0.25, 0.3) is 0 Å². The van der Waals surface area contributed by atoms with Gasteiger partial charge < -0.3 is 19.7 Å². The Kier molecular flexibility index (Phi) is 3.92. The molecule has 98 valence electrons. The van der Waals surface area contributed by atoms with Gasteiger partial charge in [0.1, 0.15) is 0 Å². The number of aryl methyl sites for hydroxylation is 1. The lowest BCUT2D eigenvalue weighted by atomic mass is 10.1. The minimum atomic E-state index is -0.830. The summed E-state index contributed by atoms with van der Waals surface area (Å²) in [5.74, 6) is 0.163. The third-order valence-corrected chi connectivity index (χ3v) is 2.81. The summed E-state index contributed by atoms with van der Waals surface area (Å²) in [5, 5.41) is 18.7. The quantitative estimate of drug-likeness (QED) is 0.856. The lowest BCUT2D eigenvalue weighted by molar-refractivity contribution is -0.137. The zero-order valence-electron chi connectivity index (χ0n) is 10.0. The number of rotatable bonds is 4. The van der Waals surface area contributed by atoms with Crippen LogP contribution in [0.5, 0.6) is 17.2 Å². The van der Waals surface area contributed by atoms with Gasteiger partial charge in [0.2, 0.25) is 5.75 Å². The highest BCUT2D eigenvalue weighted by Gasteiger charge is 2.17. The van der Waals surface area contributed by atoms with E-state index in [1.54, 1.807) is 12.1 Å². The summed E-state index contributed by atoms with van der Waals surface area (Å²) in [6.07, 6.45) is 1.87. The van der Waals surface area contributed by atoms with Crippen molar-refractivity contribution >= 4 is 5.97 Å². The maximum atomic E-state index is 10.4. The Morgan fingerprint density at radius 3 is 2.83 bits per heavy atom. The molecule has 0 amide bonds. The van der Waals surface area contributed by atoms with Gasteiger partial charge in [-0.2, -0.15) is 0 Å². The van der Waals surface area contributed by atoms with Gasteiger partial charge in [0, 0.05) is 12.8 Å². The zero-order valence-corrected chi connectivity index (χ0v) is 10.0. The number of aliphatic carboxylic acids is 1. The molecule has 5 nitrogen and oxygen atoms in total. The van der Waals surface area contributed by atoms with E-state index in [4.69, 9.17) is 14.6 Å². The first kappa shape index (κ1) is 12.5. The molecule has 1 aromatic rings. The summed E-state index contributed by atoms with van der Waals surface area (Å²) >= 11 is 0. The fourth-order valence-electron chi connectivity index (χ4n) is 1.89. The molecule has 1 aliphatic heterocycles. The molecule has 5 heteroatoms. The Morgan fingerprint density at radius 2 is 2.06 bits per heavy atom. The molecule has 2 rings (SSSR count). The Bertz CT molecular complexity index is 441.